The van der Waals surface area contributed by atoms with Gasteiger partial charge >= 0.3 is 0 Å². The first-order valence-electron chi connectivity index (χ1n) is 10.6. The van der Waals surface area contributed by atoms with Crippen LogP contribution in [0.25, 0.3) is 10.9 Å². The summed E-state index contributed by atoms with van der Waals surface area (Å²) in [6.07, 6.45) is 1.48. The van der Waals surface area contributed by atoms with Crippen molar-refractivity contribution in [1.82, 2.24) is 9.88 Å². The predicted octanol–water partition coefficient (Wildman–Crippen LogP) is 3.45. The maximum Gasteiger partial charge on any atom is 0.210 e. The number of fused-ring (bicyclic) bond motifs is 1. The van der Waals surface area contributed by atoms with Crippen molar-refractivity contribution in [2.24, 2.45) is 0 Å². The summed E-state index contributed by atoms with van der Waals surface area (Å²) in [5.74, 6) is 1.10. The second kappa shape index (κ2) is 8.60. The van der Waals surface area contributed by atoms with E-state index in [1.54, 1.807) is 32.4 Å². The van der Waals surface area contributed by atoms with Crippen molar-refractivity contribution >= 4 is 26.4 Å². The van der Waals surface area contributed by atoms with Crippen LogP contribution in [0.15, 0.2) is 46.3 Å². The van der Waals surface area contributed by atoms with Gasteiger partial charge in [0.25, 0.3) is 0 Å². The van der Waals surface area contributed by atoms with Crippen molar-refractivity contribution < 1.29 is 17.9 Å². The standard InChI is InChI=1S/C24H29N3O4S/c1-16-6-7-18(12-17(16)2)32(28,29)23-15-25-20-14-22(31-5)21(30-4)13-19(20)24(23)27-10-8-26(3)9-11-27/h6-7,12-15H,8-11H2,1-5H3. The van der Waals surface area contributed by atoms with Crippen molar-refractivity contribution in [3.63, 3.8) is 0 Å². The van der Waals surface area contributed by atoms with E-state index in [-0.39, 0.29) is 9.79 Å². The number of likely N-dealkylation sites (N-methyl/N-ethyl adjacent to an activating group) is 1. The molecular weight excluding hydrogens is 426 g/mol. The van der Waals surface area contributed by atoms with Gasteiger partial charge in [-0.3, -0.25) is 4.98 Å². The molecule has 7 nitrogen and oxygen atoms in total. The van der Waals surface area contributed by atoms with Crippen LogP contribution in [-0.2, 0) is 9.84 Å². The number of hydrogen-bond donors (Lipinski definition) is 0. The van der Waals surface area contributed by atoms with Crippen LogP contribution >= 0.6 is 0 Å². The number of piperazine rings is 1. The number of aryl methyl sites for hydroxylation is 2. The molecule has 1 aliphatic rings. The highest BCUT2D eigenvalue weighted by molar-refractivity contribution is 7.91. The second-order valence-electron chi connectivity index (χ2n) is 8.24. The minimum Gasteiger partial charge on any atom is -0.493 e. The highest BCUT2D eigenvalue weighted by Gasteiger charge is 2.29. The van der Waals surface area contributed by atoms with Gasteiger partial charge in [-0.1, -0.05) is 6.07 Å². The van der Waals surface area contributed by atoms with Crippen molar-refractivity contribution in [1.29, 1.82) is 0 Å². The zero-order chi connectivity index (χ0) is 23.0. The molecule has 2 heterocycles. The molecule has 0 spiro atoms. The van der Waals surface area contributed by atoms with E-state index in [1.165, 1.54) is 6.20 Å². The fourth-order valence-corrected chi connectivity index (χ4v) is 5.57. The molecule has 0 atom stereocenters. The smallest absolute Gasteiger partial charge is 0.210 e. The number of pyridine rings is 1. The summed E-state index contributed by atoms with van der Waals surface area (Å²) < 4.78 is 38.6. The SMILES string of the molecule is COc1cc2ncc(S(=O)(=O)c3ccc(C)c(C)c3)c(N3CCN(C)CC3)c2cc1OC. The lowest BCUT2D eigenvalue weighted by Crippen LogP contribution is -2.45. The van der Waals surface area contributed by atoms with Gasteiger partial charge in [0.15, 0.2) is 11.5 Å². The predicted molar refractivity (Wildman–Crippen MR) is 126 cm³/mol. The molecule has 170 valence electrons. The number of sulfone groups is 1. The van der Waals surface area contributed by atoms with Crippen LogP contribution in [0.1, 0.15) is 11.1 Å². The Bertz CT molecular complexity index is 1270. The lowest BCUT2D eigenvalue weighted by Gasteiger charge is -2.35. The first-order valence-corrected chi connectivity index (χ1v) is 12.0. The molecule has 0 unspecified atom stereocenters. The number of nitrogens with zero attached hydrogens (tertiary/aromatic N) is 3. The Morgan fingerprint density at radius 3 is 2.19 bits per heavy atom. The molecule has 3 aromatic rings. The second-order valence-corrected chi connectivity index (χ2v) is 10.2. The summed E-state index contributed by atoms with van der Waals surface area (Å²) in [6.45, 7) is 7.03. The van der Waals surface area contributed by atoms with Gasteiger partial charge in [-0.25, -0.2) is 8.42 Å². The van der Waals surface area contributed by atoms with Crippen molar-refractivity contribution in [3.8, 4) is 11.5 Å². The van der Waals surface area contributed by atoms with Crippen LogP contribution < -0.4 is 14.4 Å². The van der Waals surface area contributed by atoms with E-state index >= 15 is 0 Å². The van der Waals surface area contributed by atoms with E-state index in [9.17, 15) is 8.42 Å². The molecule has 4 rings (SSSR count). The zero-order valence-corrected chi connectivity index (χ0v) is 20.0. The lowest BCUT2D eigenvalue weighted by atomic mass is 10.1. The maximum atomic E-state index is 13.8. The minimum atomic E-state index is -3.79. The number of aromatic nitrogens is 1. The summed E-state index contributed by atoms with van der Waals surface area (Å²) in [4.78, 5) is 9.38. The van der Waals surface area contributed by atoms with Gasteiger partial charge in [-0.2, -0.15) is 0 Å². The Labute approximate surface area is 189 Å². The van der Waals surface area contributed by atoms with Gasteiger partial charge in [0.1, 0.15) is 4.90 Å². The third-order valence-corrected chi connectivity index (χ3v) is 7.96. The molecule has 1 fully saturated rings. The average molecular weight is 456 g/mol. The molecule has 1 aromatic heterocycles. The quantitative estimate of drug-likeness (QED) is 0.583. The number of benzene rings is 2. The Morgan fingerprint density at radius 2 is 1.56 bits per heavy atom. The monoisotopic (exact) mass is 455 g/mol. The summed E-state index contributed by atoms with van der Waals surface area (Å²) in [5, 5.41) is 0.733. The summed E-state index contributed by atoms with van der Waals surface area (Å²) in [7, 11) is 1.43. The third-order valence-electron chi connectivity index (χ3n) is 6.21. The van der Waals surface area contributed by atoms with Gasteiger partial charge in [-0.15, -0.1) is 0 Å². The third kappa shape index (κ3) is 3.89. The number of hydrogen-bond acceptors (Lipinski definition) is 7. The van der Waals surface area contributed by atoms with E-state index in [2.05, 4.69) is 21.8 Å². The van der Waals surface area contributed by atoms with Crippen LogP contribution in [0.2, 0.25) is 0 Å². The Balaban J connectivity index is 1.99. The van der Waals surface area contributed by atoms with E-state index in [0.29, 0.717) is 22.7 Å². The molecule has 8 heteroatoms. The number of anilines is 1. The van der Waals surface area contributed by atoms with Gasteiger partial charge in [-0.05, 0) is 50.2 Å². The number of rotatable bonds is 5. The Morgan fingerprint density at radius 1 is 0.906 bits per heavy atom. The van der Waals surface area contributed by atoms with Crippen LogP contribution in [0.4, 0.5) is 5.69 Å². The lowest BCUT2D eigenvalue weighted by molar-refractivity contribution is 0.312. The molecular formula is C24H29N3O4S. The molecule has 0 bridgehead atoms. The highest BCUT2D eigenvalue weighted by Crippen LogP contribution is 2.40. The highest BCUT2D eigenvalue weighted by atomic mass is 32.2. The van der Waals surface area contributed by atoms with Crippen molar-refractivity contribution in [2.75, 3.05) is 52.3 Å². The van der Waals surface area contributed by atoms with E-state index < -0.39 is 9.84 Å². The van der Waals surface area contributed by atoms with Crippen LogP contribution in [0.3, 0.4) is 0 Å². The average Bonchev–Trinajstić information content (AvgIpc) is 2.79. The van der Waals surface area contributed by atoms with Crippen LogP contribution in [0, 0.1) is 13.8 Å². The summed E-state index contributed by atoms with van der Waals surface area (Å²) in [5.41, 5.74) is 3.32. The van der Waals surface area contributed by atoms with E-state index in [1.807, 2.05) is 26.0 Å². The first-order chi connectivity index (χ1) is 15.3. The van der Waals surface area contributed by atoms with Crippen molar-refractivity contribution in [2.45, 2.75) is 23.6 Å². The Kier molecular flexibility index (Phi) is 6.01. The van der Waals surface area contributed by atoms with Crippen molar-refractivity contribution in [3.05, 3.63) is 47.7 Å². The molecule has 1 aliphatic heterocycles. The maximum absolute atomic E-state index is 13.8. The molecule has 0 saturated carbocycles. The van der Waals surface area contributed by atoms with Gasteiger partial charge < -0.3 is 19.3 Å². The number of methoxy groups -OCH3 is 2. The summed E-state index contributed by atoms with van der Waals surface area (Å²) >= 11 is 0. The number of ether oxygens (including phenoxy) is 2. The summed E-state index contributed by atoms with van der Waals surface area (Å²) in [6, 6.07) is 8.87. The van der Waals surface area contributed by atoms with Gasteiger partial charge in [0.05, 0.1) is 30.3 Å². The van der Waals surface area contributed by atoms with E-state index in [0.717, 1.165) is 42.7 Å². The van der Waals surface area contributed by atoms with Crippen LogP contribution in [-0.4, -0.2) is 65.7 Å². The molecule has 0 radical (unpaired) electrons. The van der Waals surface area contributed by atoms with Gasteiger partial charge in [0.2, 0.25) is 9.84 Å². The normalized spacial score (nSPS) is 15.2. The fourth-order valence-electron chi connectivity index (χ4n) is 4.05. The van der Waals surface area contributed by atoms with Gasteiger partial charge in [0, 0.05) is 43.8 Å². The molecule has 0 amide bonds. The molecule has 2 aromatic carbocycles. The molecule has 0 N–H and O–H groups in total. The molecule has 0 aliphatic carbocycles. The Hall–Kier alpha value is -2.84. The largest absolute Gasteiger partial charge is 0.493 e. The zero-order valence-electron chi connectivity index (χ0n) is 19.2. The minimum absolute atomic E-state index is 0.213. The van der Waals surface area contributed by atoms with Crippen LogP contribution in [0.5, 0.6) is 11.5 Å². The first kappa shape index (κ1) is 22.4. The molecule has 32 heavy (non-hydrogen) atoms. The van der Waals surface area contributed by atoms with E-state index in [4.69, 9.17) is 9.47 Å². The fraction of sp³-hybridized carbons (Fsp3) is 0.375. The topological polar surface area (TPSA) is 72.0 Å². The molecule has 1 saturated heterocycles.